The van der Waals surface area contributed by atoms with Gasteiger partial charge >= 0.3 is 0 Å². The van der Waals surface area contributed by atoms with E-state index < -0.39 is 0 Å². The van der Waals surface area contributed by atoms with Crippen LogP contribution in [0.25, 0.3) is 22.1 Å². The number of pyridine rings is 1. The van der Waals surface area contributed by atoms with Gasteiger partial charge in [0.2, 0.25) is 5.95 Å². The summed E-state index contributed by atoms with van der Waals surface area (Å²) in [6.07, 6.45) is 3.84. The maximum absolute atomic E-state index is 13.9. The third-order valence-electron chi connectivity index (χ3n) is 6.92. The number of benzene rings is 1. The van der Waals surface area contributed by atoms with Crippen molar-refractivity contribution in [2.24, 2.45) is 5.41 Å². The number of nitrogens with zero attached hydrogens (tertiary/aromatic N) is 5. The first-order chi connectivity index (χ1) is 16.9. The summed E-state index contributed by atoms with van der Waals surface area (Å²) in [5.74, 6) is 1.34. The van der Waals surface area contributed by atoms with Gasteiger partial charge in [0.25, 0.3) is 11.6 Å². The molecule has 8 heteroatoms. The topological polar surface area (TPSA) is 91.2 Å². The lowest BCUT2D eigenvalue weighted by Crippen LogP contribution is -2.35. The third-order valence-corrected chi connectivity index (χ3v) is 6.92. The first-order valence-electron chi connectivity index (χ1n) is 12.6. The number of carbonyl (C=O) groups excluding carboxylic acids is 1. The molecule has 0 spiro atoms. The number of aromatic amines is 1. The molecule has 3 aromatic heterocycles. The first kappa shape index (κ1) is 22.1. The zero-order valence-electron chi connectivity index (χ0n) is 20.7. The van der Waals surface area contributed by atoms with Crippen LogP contribution in [0.3, 0.4) is 0 Å². The molecule has 0 bridgehead atoms. The maximum atomic E-state index is 13.9. The normalized spacial score (nSPS) is 17.3. The Morgan fingerprint density at radius 3 is 2.71 bits per heavy atom. The Hall–Kier alpha value is -3.42. The molecule has 0 radical (unpaired) electrons. The Morgan fingerprint density at radius 2 is 1.94 bits per heavy atom. The first-order valence-corrected chi connectivity index (χ1v) is 12.6. The molecule has 0 unspecified atom stereocenters. The van der Waals surface area contributed by atoms with Crippen molar-refractivity contribution in [1.82, 2.24) is 25.0 Å². The van der Waals surface area contributed by atoms with Crippen molar-refractivity contribution in [2.45, 2.75) is 52.4 Å². The summed E-state index contributed by atoms with van der Waals surface area (Å²) in [6.45, 7) is 9.43. The van der Waals surface area contributed by atoms with E-state index in [1.165, 1.54) is 0 Å². The largest absolute Gasteiger partial charge is 0.341 e. The smallest absolute Gasteiger partial charge is 0.259 e. The molecule has 1 saturated carbocycles. The molecule has 0 atom stereocenters. The van der Waals surface area contributed by atoms with Gasteiger partial charge in [-0.3, -0.25) is 4.79 Å². The van der Waals surface area contributed by atoms with Crippen molar-refractivity contribution in [3.8, 4) is 0 Å². The zero-order valence-corrected chi connectivity index (χ0v) is 20.7. The number of fused-ring (bicyclic) bond motifs is 2. The van der Waals surface area contributed by atoms with Gasteiger partial charge in [-0.15, -0.1) is 0 Å². The van der Waals surface area contributed by atoms with Crippen molar-refractivity contribution in [3.05, 3.63) is 47.3 Å². The Bertz CT molecular complexity index is 1360. The molecule has 4 heterocycles. The van der Waals surface area contributed by atoms with E-state index in [4.69, 9.17) is 14.5 Å². The van der Waals surface area contributed by atoms with Crippen molar-refractivity contribution in [2.75, 3.05) is 31.1 Å². The molecule has 1 amide bonds. The fraction of sp³-hybridized carbons (Fsp3) is 0.481. The fourth-order valence-electron chi connectivity index (χ4n) is 5.00. The SMILES string of the molecule is CC(C)(C)Cc1noc2nc(C3CC3)cc(C(=O)N3CCCN(c4nc5ccccc5[nH]4)CC3)c12. The molecular formula is C27H32N6O2. The number of rotatable bonds is 4. The highest BCUT2D eigenvalue weighted by Gasteiger charge is 2.32. The van der Waals surface area contributed by atoms with Gasteiger partial charge in [-0.2, -0.15) is 0 Å². The van der Waals surface area contributed by atoms with Crippen LogP contribution < -0.4 is 4.90 Å². The summed E-state index contributed by atoms with van der Waals surface area (Å²) < 4.78 is 5.67. The molecule has 2 fully saturated rings. The Balaban J connectivity index is 1.29. The predicted octanol–water partition coefficient (Wildman–Crippen LogP) is 4.92. The van der Waals surface area contributed by atoms with E-state index in [9.17, 15) is 4.79 Å². The van der Waals surface area contributed by atoms with Crippen LogP contribution in [0.2, 0.25) is 0 Å². The van der Waals surface area contributed by atoms with Crippen LogP contribution in [-0.4, -0.2) is 57.1 Å². The standard InChI is InChI=1S/C27H32N6O2/c1-27(2,3)16-22-23-18(15-21(17-9-10-17)28-24(23)35-31-22)25(34)32-11-6-12-33(14-13-32)26-29-19-7-4-5-8-20(19)30-26/h4-5,7-8,15,17H,6,9-14,16H2,1-3H3,(H,29,30). The molecule has 182 valence electrons. The summed E-state index contributed by atoms with van der Waals surface area (Å²) in [5.41, 5.74) is 4.98. The van der Waals surface area contributed by atoms with Gasteiger partial charge in [-0.1, -0.05) is 38.1 Å². The van der Waals surface area contributed by atoms with Crippen LogP contribution in [0.1, 0.15) is 67.7 Å². The molecular weight excluding hydrogens is 440 g/mol. The van der Waals surface area contributed by atoms with E-state index in [0.717, 1.165) is 72.5 Å². The van der Waals surface area contributed by atoms with Crippen molar-refractivity contribution < 1.29 is 9.32 Å². The van der Waals surface area contributed by atoms with Crippen LogP contribution in [0.4, 0.5) is 5.95 Å². The summed E-state index contributed by atoms with van der Waals surface area (Å²) in [5, 5.41) is 5.14. The molecule has 1 aliphatic heterocycles. The van der Waals surface area contributed by atoms with Crippen molar-refractivity contribution >= 4 is 34.0 Å². The second kappa shape index (κ2) is 8.36. The fourth-order valence-corrected chi connectivity index (χ4v) is 5.00. The Morgan fingerprint density at radius 1 is 1.11 bits per heavy atom. The summed E-state index contributed by atoms with van der Waals surface area (Å²) in [4.78, 5) is 31.1. The average Bonchev–Trinajstić information content (AvgIpc) is 3.54. The molecule has 1 saturated heterocycles. The lowest BCUT2D eigenvalue weighted by molar-refractivity contribution is 0.0768. The second-order valence-corrected chi connectivity index (χ2v) is 11.1. The number of hydrogen-bond donors (Lipinski definition) is 1. The number of nitrogens with one attached hydrogen (secondary N) is 1. The lowest BCUT2D eigenvalue weighted by atomic mass is 9.89. The van der Waals surface area contributed by atoms with Crippen molar-refractivity contribution in [1.29, 1.82) is 0 Å². The van der Waals surface area contributed by atoms with Gasteiger partial charge in [-0.05, 0) is 49.3 Å². The van der Waals surface area contributed by atoms with Crippen LogP contribution in [-0.2, 0) is 6.42 Å². The van der Waals surface area contributed by atoms with Crippen LogP contribution >= 0.6 is 0 Å². The summed E-state index contributed by atoms with van der Waals surface area (Å²) in [7, 11) is 0. The minimum atomic E-state index is 0.0228. The number of hydrogen-bond acceptors (Lipinski definition) is 6. The van der Waals surface area contributed by atoms with Crippen molar-refractivity contribution in [3.63, 3.8) is 0 Å². The Kier molecular flexibility index (Phi) is 5.27. The number of carbonyl (C=O) groups is 1. The van der Waals surface area contributed by atoms with E-state index >= 15 is 0 Å². The molecule has 35 heavy (non-hydrogen) atoms. The number of anilines is 1. The number of H-pyrrole nitrogens is 1. The molecule has 2 aliphatic rings. The Labute approximate surface area is 204 Å². The van der Waals surface area contributed by atoms with Crippen LogP contribution in [0, 0.1) is 5.41 Å². The number of amides is 1. The highest BCUT2D eigenvalue weighted by Crippen LogP contribution is 2.41. The van der Waals surface area contributed by atoms with Gasteiger partial charge in [0, 0.05) is 37.8 Å². The summed E-state index contributed by atoms with van der Waals surface area (Å²) in [6, 6.07) is 10.1. The molecule has 1 N–H and O–H groups in total. The quantitative estimate of drug-likeness (QED) is 0.453. The summed E-state index contributed by atoms with van der Waals surface area (Å²) >= 11 is 0. The van der Waals surface area contributed by atoms with Gasteiger partial charge < -0.3 is 19.3 Å². The highest BCUT2D eigenvalue weighted by atomic mass is 16.5. The minimum absolute atomic E-state index is 0.0228. The number of imidazole rings is 1. The van der Waals surface area contributed by atoms with Crippen LogP contribution in [0.15, 0.2) is 34.9 Å². The van der Waals surface area contributed by atoms with E-state index in [2.05, 4.69) is 35.8 Å². The number of aromatic nitrogens is 4. The van der Waals surface area contributed by atoms with Gasteiger partial charge in [0.15, 0.2) is 0 Å². The molecule has 8 nitrogen and oxygen atoms in total. The molecule has 1 aliphatic carbocycles. The van der Waals surface area contributed by atoms with E-state index in [0.29, 0.717) is 30.3 Å². The molecule has 4 aromatic rings. The van der Waals surface area contributed by atoms with Crippen LogP contribution in [0.5, 0.6) is 0 Å². The average molecular weight is 473 g/mol. The lowest BCUT2D eigenvalue weighted by Gasteiger charge is -2.22. The number of para-hydroxylation sites is 2. The predicted molar refractivity (Wildman–Crippen MR) is 136 cm³/mol. The third kappa shape index (κ3) is 4.37. The van der Waals surface area contributed by atoms with E-state index in [1.54, 1.807) is 0 Å². The van der Waals surface area contributed by atoms with E-state index in [1.807, 2.05) is 35.2 Å². The molecule has 6 rings (SSSR count). The van der Waals surface area contributed by atoms with E-state index in [-0.39, 0.29) is 11.3 Å². The van der Waals surface area contributed by atoms with Gasteiger partial charge in [0.05, 0.1) is 27.7 Å². The minimum Gasteiger partial charge on any atom is -0.341 e. The van der Waals surface area contributed by atoms with Gasteiger partial charge in [-0.25, -0.2) is 9.97 Å². The second-order valence-electron chi connectivity index (χ2n) is 11.1. The molecule has 1 aromatic carbocycles. The monoisotopic (exact) mass is 472 g/mol. The maximum Gasteiger partial charge on any atom is 0.259 e. The zero-order chi connectivity index (χ0) is 24.2. The van der Waals surface area contributed by atoms with Gasteiger partial charge in [0.1, 0.15) is 0 Å². The highest BCUT2D eigenvalue weighted by molar-refractivity contribution is 6.06.